The van der Waals surface area contributed by atoms with Crippen molar-refractivity contribution in [2.45, 2.75) is 13.1 Å². The fraction of sp³-hybridized carbons (Fsp3) is 0.250. The zero-order valence-electron chi connectivity index (χ0n) is 12.6. The van der Waals surface area contributed by atoms with Crippen LogP contribution in [0.5, 0.6) is 0 Å². The van der Waals surface area contributed by atoms with Crippen molar-refractivity contribution in [1.82, 2.24) is 20.2 Å². The van der Waals surface area contributed by atoms with Gasteiger partial charge in [0.25, 0.3) is 5.91 Å². The van der Waals surface area contributed by atoms with Crippen molar-refractivity contribution in [2.24, 2.45) is 0 Å². The van der Waals surface area contributed by atoms with E-state index in [4.69, 9.17) is 0 Å². The lowest BCUT2D eigenvalue weighted by Crippen LogP contribution is -2.23. The smallest absolute Gasteiger partial charge is 0.268 e. The molecule has 1 amide bonds. The van der Waals surface area contributed by atoms with Crippen LogP contribution >= 0.6 is 11.3 Å². The molecule has 2 aromatic heterocycles. The summed E-state index contributed by atoms with van der Waals surface area (Å²) in [7, 11) is 4.08. The van der Waals surface area contributed by atoms with Crippen LogP contribution in [0, 0.1) is 0 Å². The van der Waals surface area contributed by atoms with Gasteiger partial charge in [-0.1, -0.05) is 24.3 Å². The molecule has 0 aliphatic carbocycles. The van der Waals surface area contributed by atoms with Gasteiger partial charge >= 0.3 is 0 Å². The third-order valence-electron chi connectivity index (χ3n) is 3.31. The number of thiazole rings is 1. The number of fused-ring (bicyclic) bond motifs is 1. The van der Waals surface area contributed by atoms with Gasteiger partial charge in [0.05, 0.1) is 10.2 Å². The number of aromatic nitrogens is 2. The third-order valence-corrected chi connectivity index (χ3v) is 4.09. The molecule has 0 bridgehead atoms. The molecule has 3 rings (SSSR count). The van der Waals surface area contributed by atoms with Gasteiger partial charge in [0.2, 0.25) is 0 Å². The lowest BCUT2D eigenvalue weighted by Gasteiger charge is -2.11. The molecule has 0 unspecified atom stereocenters. The Morgan fingerprint density at radius 1 is 1.32 bits per heavy atom. The first-order valence-electron chi connectivity index (χ1n) is 7.05. The number of nitrogens with one attached hydrogen (secondary N) is 2. The molecule has 6 heteroatoms. The second kappa shape index (κ2) is 6.29. The van der Waals surface area contributed by atoms with Crippen molar-refractivity contribution in [3.8, 4) is 0 Å². The topological polar surface area (TPSA) is 61.0 Å². The first-order valence-corrected chi connectivity index (χ1v) is 7.93. The summed E-state index contributed by atoms with van der Waals surface area (Å²) in [5, 5.41) is 2.94. The number of aromatic amines is 1. The number of hydrogen-bond acceptors (Lipinski definition) is 4. The van der Waals surface area contributed by atoms with E-state index in [0.717, 1.165) is 22.5 Å². The number of nitrogens with zero attached hydrogens (tertiary/aromatic N) is 2. The number of benzene rings is 1. The van der Waals surface area contributed by atoms with Gasteiger partial charge in [-0.05, 0) is 31.3 Å². The van der Waals surface area contributed by atoms with E-state index in [1.54, 1.807) is 5.51 Å². The van der Waals surface area contributed by atoms with Crippen LogP contribution in [-0.4, -0.2) is 34.9 Å². The lowest BCUT2D eigenvalue weighted by atomic mass is 10.1. The van der Waals surface area contributed by atoms with E-state index in [1.165, 1.54) is 16.9 Å². The average molecular weight is 314 g/mol. The molecule has 0 aliphatic rings. The van der Waals surface area contributed by atoms with Crippen molar-refractivity contribution < 1.29 is 4.79 Å². The summed E-state index contributed by atoms with van der Waals surface area (Å²) in [5.41, 5.74) is 5.42. The van der Waals surface area contributed by atoms with Gasteiger partial charge in [0.15, 0.2) is 0 Å². The molecule has 0 radical (unpaired) electrons. The predicted octanol–water partition coefficient (Wildman–Crippen LogP) is 2.62. The van der Waals surface area contributed by atoms with Crippen LogP contribution in [-0.2, 0) is 13.1 Å². The fourth-order valence-electron chi connectivity index (χ4n) is 2.35. The van der Waals surface area contributed by atoms with Gasteiger partial charge in [0, 0.05) is 13.1 Å². The van der Waals surface area contributed by atoms with Crippen molar-refractivity contribution in [2.75, 3.05) is 14.1 Å². The molecule has 0 aliphatic heterocycles. The largest absolute Gasteiger partial charge is 0.347 e. The number of H-pyrrole nitrogens is 1. The van der Waals surface area contributed by atoms with Gasteiger partial charge in [0.1, 0.15) is 11.3 Å². The predicted molar refractivity (Wildman–Crippen MR) is 89.0 cm³/mol. The van der Waals surface area contributed by atoms with Crippen LogP contribution in [0.1, 0.15) is 21.6 Å². The fourth-order valence-corrected chi connectivity index (χ4v) is 3.02. The van der Waals surface area contributed by atoms with Gasteiger partial charge in [-0.3, -0.25) is 4.79 Å². The van der Waals surface area contributed by atoms with Crippen LogP contribution in [0.15, 0.2) is 35.8 Å². The summed E-state index contributed by atoms with van der Waals surface area (Å²) in [4.78, 5) is 21.5. The van der Waals surface area contributed by atoms with Crippen molar-refractivity contribution in [3.63, 3.8) is 0 Å². The standard InChI is InChI=1S/C16H18N4OS/c1-20(2)9-12-5-3-4-11(6-12)8-17-16(21)13-7-14-15(19-13)18-10-22-14/h3-7,10,19H,8-9H2,1-2H3,(H,17,21). The Morgan fingerprint density at radius 3 is 2.91 bits per heavy atom. The highest BCUT2D eigenvalue weighted by molar-refractivity contribution is 7.16. The summed E-state index contributed by atoms with van der Waals surface area (Å²) in [6.45, 7) is 1.40. The normalized spacial score (nSPS) is 11.2. The Hall–Kier alpha value is -2.18. The first-order chi connectivity index (χ1) is 10.6. The number of amides is 1. The third kappa shape index (κ3) is 3.35. The Balaban J connectivity index is 1.64. The first kappa shape index (κ1) is 14.7. The highest BCUT2D eigenvalue weighted by Crippen LogP contribution is 2.18. The summed E-state index contributed by atoms with van der Waals surface area (Å²) in [6.07, 6.45) is 0. The second-order valence-electron chi connectivity index (χ2n) is 5.49. The molecule has 0 saturated heterocycles. The molecule has 2 heterocycles. The lowest BCUT2D eigenvalue weighted by molar-refractivity contribution is 0.0946. The van der Waals surface area contributed by atoms with E-state index in [1.807, 2.05) is 32.3 Å². The molecular weight excluding hydrogens is 296 g/mol. The van der Waals surface area contributed by atoms with Crippen LogP contribution in [0.4, 0.5) is 0 Å². The van der Waals surface area contributed by atoms with E-state index in [2.05, 4.69) is 32.3 Å². The quantitative estimate of drug-likeness (QED) is 0.761. The van der Waals surface area contributed by atoms with Gasteiger partial charge in [-0.25, -0.2) is 4.98 Å². The summed E-state index contributed by atoms with van der Waals surface area (Å²) < 4.78 is 0.998. The Morgan fingerprint density at radius 2 is 2.14 bits per heavy atom. The summed E-state index contributed by atoms with van der Waals surface area (Å²) in [5.74, 6) is -0.108. The zero-order valence-corrected chi connectivity index (χ0v) is 13.4. The Kier molecular flexibility index (Phi) is 4.22. The van der Waals surface area contributed by atoms with E-state index >= 15 is 0 Å². The van der Waals surface area contributed by atoms with E-state index in [-0.39, 0.29) is 5.91 Å². The van der Waals surface area contributed by atoms with Crippen molar-refractivity contribution in [3.05, 3.63) is 52.7 Å². The van der Waals surface area contributed by atoms with Crippen LogP contribution in [0.25, 0.3) is 10.3 Å². The molecular formula is C16H18N4OS. The Labute approximate surface area is 133 Å². The molecule has 3 aromatic rings. The van der Waals surface area contributed by atoms with Crippen molar-refractivity contribution in [1.29, 1.82) is 0 Å². The van der Waals surface area contributed by atoms with E-state index in [9.17, 15) is 4.79 Å². The van der Waals surface area contributed by atoms with E-state index in [0.29, 0.717) is 12.2 Å². The van der Waals surface area contributed by atoms with Crippen molar-refractivity contribution >= 4 is 27.6 Å². The molecule has 0 spiro atoms. The molecule has 1 aromatic carbocycles. The molecule has 0 fully saturated rings. The molecule has 0 atom stereocenters. The minimum Gasteiger partial charge on any atom is -0.347 e. The minimum absolute atomic E-state index is 0.108. The van der Waals surface area contributed by atoms with Crippen LogP contribution < -0.4 is 5.32 Å². The maximum absolute atomic E-state index is 12.2. The van der Waals surface area contributed by atoms with Crippen LogP contribution in [0.2, 0.25) is 0 Å². The number of carbonyl (C=O) groups is 1. The molecule has 22 heavy (non-hydrogen) atoms. The SMILES string of the molecule is CN(C)Cc1cccc(CNC(=O)c2cc3scnc3[nH]2)c1. The van der Waals surface area contributed by atoms with E-state index < -0.39 is 0 Å². The molecule has 114 valence electrons. The number of hydrogen-bond donors (Lipinski definition) is 2. The van der Waals surface area contributed by atoms with Gasteiger partial charge in [-0.2, -0.15) is 0 Å². The zero-order chi connectivity index (χ0) is 15.5. The maximum atomic E-state index is 12.2. The monoisotopic (exact) mass is 314 g/mol. The highest BCUT2D eigenvalue weighted by atomic mass is 32.1. The minimum atomic E-state index is -0.108. The maximum Gasteiger partial charge on any atom is 0.268 e. The molecule has 0 saturated carbocycles. The van der Waals surface area contributed by atoms with Crippen LogP contribution in [0.3, 0.4) is 0 Å². The Bertz CT molecular complexity index is 762. The molecule has 2 N–H and O–H groups in total. The van der Waals surface area contributed by atoms with Gasteiger partial charge in [-0.15, -0.1) is 11.3 Å². The summed E-state index contributed by atoms with van der Waals surface area (Å²) >= 11 is 1.52. The number of carbonyl (C=O) groups excluding carboxylic acids is 1. The highest BCUT2D eigenvalue weighted by Gasteiger charge is 2.10. The number of rotatable bonds is 5. The average Bonchev–Trinajstić information content (AvgIpc) is 3.05. The second-order valence-corrected chi connectivity index (χ2v) is 6.37. The summed E-state index contributed by atoms with van der Waals surface area (Å²) in [6, 6.07) is 10.1. The molecule has 5 nitrogen and oxygen atoms in total. The van der Waals surface area contributed by atoms with Gasteiger partial charge < -0.3 is 15.2 Å².